The lowest BCUT2D eigenvalue weighted by molar-refractivity contribution is -0.150. The molecule has 3 aliphatic carbocycles. The van der Waals surface area contributed by atoms with Gasteiger partial charge in [0.15, 0.2) is 0 Å². The number of nitrogens with zero attached hydrogens (tertiary/aromatic N) is 3. The van der Waals surface area contributed by atoms with Crippen molar-refractivity contribution in [3.63, 3.8) is 0 Å². The molecule has 0 aliphatic heterocycles. The molecule has 2 aromatic heterocycles. The number of hydrogen-bond donors (Lipinski definition) is 1. The van der Waals surface area contributed by atoms with Gasteiger partial charge >= 0.3 is 5.97 Å². The Morgan fingerprint density at radius 1 is 0.833 bits per heavy atom. The number of nitrogens with one attached hydrogen (secondary N) is 1. The fourth-order valence-corrected chi connectivity index (χ4v) is 10.6. The van der Waals surface area contributed by atoms with E-state index in [0.717, 1.165) is 75.6 Å². The second kappa shape index (κ2) is 22.5. The van der Waals surface area contributed by atoms with Gasteiger partial charge in [-0.05, 0) is 73.6 Å². The van der Waals surface area contributed by atoms with Gasteiger partial charge in [-0.15, -0.1) is 0 Å². The number of esters is 1. The van der Waals surface area contributed by atoms with E-state index in [0.29, 0.717) is 31.9 Å². The lowest BCUT2D eigenvalue weighted by Gasteiger charge is -2.28. The lowest BCUT2D eigenvalue weighted by atomic mass is 9.78. The Labute approximate surface area is 360 Å². The topological polar surface area (TPSA) is 87.5 Å². The first-order valence-corrected chi connectivity index (χ1v) is 23.7. The minimum absolute atomic E-state index is 0.0610. The van der Waals surface area contributed by atoms with Crippen LogP contribution in [0.2, 0.25) is 0 Å². The molecule has 60 heavy (non-hydrogen) atoms. The molecule has 8 nitrogen and oxygen atoms in total. The Hall–Kier alpha value is -4.33. The minimum atomic E-state index is -0.224. The third-order valence-corrected chi connectivity index (χ3v) is 14.1. The third kappa shape index (κ3) is 11.7. The van der Waals surface area contributed by atoms with Gasteiger partial charge in [0, 0.05) is 30.3 Å². The maximum Gasteiger partial charge on any atom is 0.309 e. The molecule has 0 spiro atoms. The largest absolute Gasteiger partial charge is 0.497 e. The van der Waals surface area contributed by atoms with E-state index in [9.17, 15) is 4.79 Å². The zero-order chi connectivity index (χ0) is 41.5. The van der Waals surface area contributed by atoms with Crippen LogP contribution in [0.25, 0.3) is 10.9 Å². The second-order valence-corrected chi connectivity index (χ2v) is 18.3. The number of aromatic nitrogens is 3. The van der Waals surface area contributed by atoms with E-state index >= 15 is 0 Å². The summed E-state index contributed by atoms with van der Waals surface area (Å²) in [6, 6.07) is 17.9. The van der Waals surface area contributed by atoms with Gasteiger partial charge in [-0.3, -0.25) is 9.48 Å². The van der Waals surface area contributed by atoms with Gasteiger partial charge in [-0.1, -0.05) is 146 Å². The van der Waals surface area contributed by atoms with Crippen LogP contribution in [0.15, 0.2) is 72.9 Å². The van der Waals surface area contributed by atoms with Crippen LogP contribution in [-0.4, -0.2) is 35.0 Å². The smallest absolute Gasteiger partial charge is 0.309 e. The molecule has 7 rings (SSSR count). The molecule has 3 unspecified atom stereocenters. The Balaban J connectivity index is 1.11. The summed E-state index contributed by atoms with van der Waals surface area (Å²) in [6.45, 7) is 3.43. The van der Waals surface area contributed by atoms with Gasteiger partial charge in [0.1, 0.15) is 23.9 Å². The third-order valence-electron chi connectivity index (χ3n) is 14.1. The minimum Gasteiger partial charge on any atom is -0.497 e. The zero-order valence-electron chi connectivity index (χ0n) is 36.9. The van der Waals surface area contributed by atoms with E-state index in [4.69, 9.17) is 24.3 Å². The summed E-state index contributed by atoms with van der Waals surface area (Å²) in [5.74, 6) is 4.86. The predicted octanol–water partition coefficient (Wildman–Crippen LogP) is 13.3. The lowest BCUT2D eigenvalue weighted by Crippen LogP contribution is -2.24. The molecule has 0 amide bonds. The molecular formula is C52H72N4O4. The summed E-state index contributed by atoms with van der Waals surface area (Å²) in [5, 5.41) is 10.4. The van der Waals surface area contributed by atoms with Crippen molar-refractivity contribution < 1.29 is 19.0 Å². The molecule has 3 aliphatic rings. The molecule has 0 saturated heterocycles. The van der Waals surface area contributed by atoms with Crippen LogP contribution >= 0.6 is 0 Å². The second-order valence-electron chi connectivity index (χ2n) is 18.3. The number of rotatable bonds is 13. The van der Waals surface area contributed by atoms with Crippen LogP contribution in [0.3, 0.4) is 0 Å². The average molecular weight is 817 g/mol. The quantitative estimate of drug-likeness (QED) is 0.106. The average Bonchev–Trinajstić information content (AvgIpc) is 3.71. The van der Waals surface area contributed by atoms with Crippen molar-refractivity contribution in [2.45, 2.75) is 160 Å². The SMILES string of the molecule is COc1ccc(CNc2nccc3c2c(C2CCCCC(C(C)CC4CCCCCCCCCC4)CCC2)nn3[C@@H]2C=CC[C@@H](C(=O)OCc3ccccc3)C2)c(OC)c1. The first kappa shape index (κ1) is 43.7. The normalized spacial score (nSPS) is 23.1. The van der Waals surface area contributed by atoms with E-state index in [1.807, 2.05) is 48.7 Å². The van der Waals surface area contributed by atoms with Crippen molar-refractivity contribution in [3.05, 3.63) is 89.8 Å². The molecule has 4 aromatic rings. The number of carbonyl (C=O) groups is 1. The fraction of sp³-hybridized carbons (Fsp3) is 0.596. The van der Waals surface area contributed by atoms with Crippen LogP contribution in [-0.2, 0) is 22.7 Å². The number of carbonyl (C=O) groups excluding carboxylic acids is 1. The van der Waals surface area contributed by atoms with Crippen molar-refractivity contribution >= 4 is 22.7 Å². The summed E-state index contributed by atoms with van der Waals surface area (Å²) in [4.78, 5) is 18.4. The van der Waals surface area contributed by atoms with Gasteiger partial charge in [0.2, 0.25) is 0 Å². The first-order chi connectivity index (χ1) is 29.5. The summed E-state index contributed by atoms with van der Waals surface area (Å²) in [5.41, 5.74) is 4.24. The predicted molar refractivity (Wildman–Crippen MR) is 244 cm³/mol. The van der Waals surface area contributed by atoms with Gasteiger partial charge in [-0.2, -0.15) is 5.10 Å². The van der Waals surface area contributed by atoms with Crippen LogP contribution < -0.4 is 14.8 Å². The van der Waals surface area contributed by atoms with Gasteiger partial charge in [0.05, 0.1) is 42.8 Å². The number of pyridine rings is 1. The maximum absolute atomic E-state index is 13.5. The van der Waals surface area contributed by atoms with E-state index in [1.165, 1.54) is 103 Å². The van der Waals surface area contributed by atoms with Crippen LogP contribution in [0.4, 0.5) is 5.82 Å². The maximum atomic E-state index is 13.5. The number of fused-ring (bicyclic) bond motifs is 1. The molecular weight excluding hydrogens is 745 g/mol. The molecule has 5 atom stereocenters. The summed E-state index contributed by atoms with van der Waals surface area (Å²) >= 11 is 0. The molecule has 2 fully saturated rings. The molecule has 324 valence electrons. The van der Waals surface area contributed by atoms with Crippen molar-refractivity contribution in [2.75, 3.05) is 19.5 Å². The Kier molecular flexibility index (Phi) is 16.4. The monoisotopic (exact) mass is 817 g/mol. The van der Waals surface area contributed by atoms with Crippen LogP contribution in [0.5, 0.6) is 11.5 Å². The van der Waals surface area contributed by atoms with Crippen molar-refractivity contribution in [1.29, 1.82) is 0 Å². The first-order valence-electron chi connectivity index (χ1n) is 23.7. The Morgan fingerprint density at radius 2 is 1.55 bits per heavy atom. The molecule has 2 saturated carbocycles. The summed E-state index contributed by atoms with van der Waals surface area (Å²) in [7, 11) is 3.38. The number of ether oxygens (including phenoxy) is 3. The van der Waals surface area contributed by atoms with E-state index in [2.05, 4.69) is 41.2 Å². The molecule has 2 aromatic carbocycles. The zero-order valence-corrected chi connectivity index (χ0v) is 36.9. The Bertz CT molecular complexity index is 1950. The molecule has 1 N–H and O–H groups in total. The van der Waals surface area contributed by atoms with Crippen molar-refractivity contribution in [1.82, 2.24) is 14.8 Å². The highest BCUT2D eigenvalue weighted by atomic mass is 16.5. The molecule has 0 radical (unpaired) electrons. The molecule has 2 heterocycles. The van der Waals surface area contributed by atoms with E-state index in [-0.39, 0.29) is 17.9 Å². The number of allylic oxidation sites excluding steroid dienone is 2. The standard InChI is InChI=1S/C52H72N4O4/c1-38(33-39-19-11-8-6-4-5-7-9-12-20-39)41-23-15-16-24-42(26-17-25-41)50-49-47(31-32-53-51(49)54-36-44-29-30-46(58-2)35-48(44)59-3)56(55-50)45-28-18-27-43(34-45)52(57)60-37-40-21-13-10-14-22-40/h10,13-14,18,21-22,28-32,35,38-39,41-43,45H,4-9,11-12,15-17,19-20,23-27,33-34,36-37H2,1-3H3,(H,53,54)/t38?,41?,42?,43-,45-/m1/s1. The van der Waals surface area contributed by atoms with Crippen LogP contribution in [0, 0.1) is 23.7 Å². The number of methoxy groups -OCH3 is 2. The van der Waals surface area contributed by atoms with Gasteiger partial charge < -0.3 is 19.5 Å². The Morgan fingerprint density at radius 3 is 2.32 bits per heavy atom. The van der Waals surface area contributed by atoms with Gasteiger partial charge in [0.25, 0.3) is 0 Å². The highest BCUT2D eigenvalue weighted by Gasteiger charge is 2.31. The van der Waals surface area contributed by atoms with Crippen molar-refractivity contribution in [2.24, 2.45) is 23.7 Å². The van der Waals surface area contributed by atoms with Crippen LogP contribution in [0.1, 0.15) is 164 Å². The fourth-order valence-electron chi connectivity index (χ4n) is 10.6. The highest BCUT2D eigenvalue weighted by molar-refractivity contribution is 5.92. The molecule has 8 heteroatoms. The summed E-state index contributed by atoms with van der Waals surface area (Å²) in [6.07, 6.45) is 32.0. The summed E-state index contributed by atoms with van der Waals surface area (Å²) < 4.78 is 19.3. The number of hydrogen-bond acceptors (Lipinski definition) is 7. The molecule has 0 bridgehead atoms. The number of benzene rings is 2. The highest BCUT2D eigenvalue weighted by Crippen LogP contribution is 2.42. The van der Waals surface area contributed by atoms with Crippen molar-refractivity contribution in [3.8, 4) is 11.5 Å². The van der Waals surface area contributed by atoms with E-state index < -0.39 is 0 Å². The number of anilines is 1. The van der Waals surface area contributed by atoms with E-state index in [1.54, 1.807) is 14.2 Å². The van der Waals surface area contributed by atoms with Gasteiger partial charge in [-0.25, -0.2) is 4.98 Å².